The van der Waals surface area contributed by atoms with Crippen LogP contribution in [0.5, 0.6) is 0 Å². The van der Waals surface area contributed by atoms with Gasteiger partial charge in [-0.1, -0.05) is 0 Å². The summed E-state index contributed by atoms with van der Waals surface area (Å²) in [5.74, 6) is 0. The highest BCUT2D eigenvalue weighted by molar-refractivity contribution is 7.88. The highest BCUT2D eigenvalue weighted by Crippen LogP contribution is 2.15. The summed E-state index contributed by atoms with van der Waals surface area (Å²) < 4.78 is 29.6. The summed E-state index contributed by atoms with van der Waals surface area (Å²) in [6, 6.07) is 0.310. The van der Waals surface area contributed by atoms with Crippen LogP contribution in [0.3, 0.4) is 0 Å². The molecule has 0 unspecified atom stereocenters. The fourth-order valence-electron chi connectivity index (χ4n) is 2.11. The van der Waals surface area contributed by atoms with Gasteiger partial charge in [-0.2, -0.15) is 0 Å². The van der Waals surface area contributed by atoms with Crippen LogP contribution in [-0.4, -0.2) is 63.5 Å². The normalized spacial score (nSPS) is 17.8. The molecule has 0 saturated carbocycles. The summed E-state index contributed by atoms with van der Waals surface area (Å²) in [7, 11) is -3.12. The summed E-state index contributed by atoms with van der Waals surface area (Å²) in [6.45, 7) is 7.85. The topological polar surface area (TPSA) is 87.7 Å². The lowest BCUT2D eigenvalue weighted by molar-refractivity contribution is 0.0198. The maximum absolute atomic E-state index is 11.9. The van der Waals surface area contributed by atoms with Crippen molar-refractivity contribution in [3.63, 3.8) is 0 Å². The Morgan fingerprint density at radius 1 is 1.24 bits per heavy atom. The van der Waals surface area contributed by atoms with Crippen molar-refractivity contribution in [2.45, 2.75) is 45.3 Å². The van der Waals surface area contributed by atoms with E-state index in [1.807, 2.05) is 20.8 Å². The van der Waals surface area contributed by atoms with Crippen LogP contribution in [0.4, 0.5) is 4.79 Å². The molecule has 1 heterocycles. The van der Waals surface area contributed by atoms with Crippen LogP contribution in [0.15, 0.2) is 0 Å². The number of ether oxygens (including phenoxy) is 1. The lowest BCUT2D eigenvalue weighted by Crippen LogP contribution is -2.47. The molecule has 0 atom stereocenters. The van der Waals surface area contributed by atoms with Crippen LogP contribution in [0.1, 0.15) is 33.6 Å². The Labute approximate surface area is 127 Å². The number of carbonyl (C=O) groups is 1. The van der Waals surface area contributed by atoms with E-state index in [0.29, 0.717) is 32.2 Å². The first-order valence-corrected chi connectivity index (χ1v) is 9.12. The van der Waals surface area contributed by atoms with Crippen LogP contribution in [0, 0.1) is 0 Å². The van der Waals surface area contributed by atoms with Crippen molar-refractivity contribution in [3.05, 3.63) is 0 Å². The van der Waals surface area contributed by atoms with Crippen LogP contribution < -0.4 is 10.0 Å². The average molecular weight is 321 g/mol. The Bertz CT molecular complexity index is 437. The van der Waals surface area contributed by atoms with Gasteiger partial charge in [-0.3, -0.25) is 0 Å². The number of sulfonamides is 1. The molecule has 1 aliphatic rings. The van der Waals surface area contributed by atoms with Gasteiger partial charge < -0.3 is 15.0 Å². The largest absolute Gasteiger partial charge is 0.444 e. The predicted molar refractivity (Wildman–Crippen MR) is 81.7 cm³/mol. The minimum atomic E-state index is -3.12. The molecule has 2 N–H and O–H groups in total. The van der Waals surface area contributed by atoms with Crippen molar-refractivity contribution in [1.82, 2.24) is 14.9 Å². The fraction of sp³-hybridized carbons (Fsp3) is 0.923. The lowest BCUT2D eigenvalue weighted by Gasteiger charge is -2.33. The first-order valence-electron chi connectivity index (χ1n) is 7.23. The second kappa shape index (κ2) is 7.42. The molecule has 0 aliphatic carbocycles. The Balaban J connectivity index is 2.22. The number of rotatable bonds is 5. The quantitative estimate of drug-likeness (QED) is 0.721. The molecular formula is C13H27N3O4S. The molecule has 1 rings (SSSR count). The third kappa shape index (κ3) is 8.23. The second-order valence-electron chi connectivity index (χ2n) is 6.36. The molecule has 1 aliphatic heterocycles. The standard InChI is InChI=1S/C13H27N3O4S/c1-13(2,3)20-12(17)16-9-5-11(6-10-16)14-7-8-15-21(4,18)19/h11,14-15H,5-10H2,1-4H3. The van der Waals surface area contributed by atoms with Crippen molar-refractivity contribution < 1.29 is 17.9 Å². The third-order valence-electron chi connectivity index (χ3n) is 3.07. The number of amides is 1. The maximum atomic E-state index is 11.9. The predicted octanol–water partition coefficient (Wildman–Crippen LogP) is 0.525. The average Bonchev–Trinajstić information content (AvgIpc) is 2.32. The monoisotopic (exact) mass is 321 g/mol. The van der Waals surface area contributed by atoms with Crippen molar-refractivity contribution in [3.8, 4) is 0 Å². The van der Waals surface area contributed by atoms with Gasteiger partial charge >= 0.3 is 6.09 Å². The van der Waals surface area contributed by atoms with E-state index in [0.717, 1.165) is 19.1 Å². The first kappa shape index (κ1) is 18.2. The van der Waals surface area contributed by atoms with E-state index in [-0.39, 0.29) is 6.09 Å². The zero-order valence-electron chi connectivity index (χ0n) is 13.3. The number of nitrogens with one attached hydrogen (secondary N) is 2. The molecule has 8 heteroatoms. The summed E-state index contributed by atoms with van der Waals surface area (Å²) in [6.07, 6.45) is 2.57. The number of likely N-dealkylation sites (tertiary alicyclic amines) is 1. The number of hydrogen-bond donors (Lipinski definition) is 2. The lowest BCUT2D eigenvalue weighted by atomic mass is 10.1. The molecule has 0 spiro atoms. The highest BCUT2D eigenvalue weighted by Gasteiger charge is 2.26. The van der Waals surface area contributed by atoms with Crippen molar-refractivity contribution in [2.24, 2.45) is 0 Å². The zero-order chi connectivity index (χ0) is 16.1. The van der Waals surface area contributed by atoms with Crippen LogP contribution in [0.2, 0.25) is 0 Å². The Morgan fingerprint density at radius 2 is 1.81 bits per heavy atom. The van der Waals surface area contributed by atoms with Gasteiger partial charge in [0.15, 0.2) is 0 Å². The molecule has 0 aromatic heterocycles. The van der Waals surface area contributed by atoms with Gasteiger partial charge in [-0.05, 0) is 33.6 Å². The third-order valence-corrected chi connectivity index (χ3v) is 3.80. The van der Waals surface area contributed by atoms with Gasteiger partial charge in [0, 0.05) is 32.2 Å². The minimum absolute atomic E-state index is 0.264. The maximum Gasteiger partial charge on any atom is 0.410 e. The number of hydrogen-bond acceptors (Lipinski definition) is 5. The number of nitrogens with zero attached hydrogens (tertiary/aromatic N) is 1. The Morgan fingerprint density at radius 3 is 2.29 bits per heavy atom. The molecule has 1 saturated heterocycles. The van der Waals surface area contributed by atoms with E-state index in [1.54, 1.807) is 4.90 Å². The van der Waals surface area contributed by atoms with Crippen LogP contribution >= 0.6 is 0 Å². The molecule has 0 radical (unpaired) electrons. The van der Waals surface area contributed by atoms with E-state index in [4.69, 9.17) is 4.74 Å². The second-order valence-corrected chi connectivity index (χ2v) is 8.20. The Kier molecular flexibility index (Phi) is 6.42. The summed E-state index contributed by atoms with van der Waals surface area (Å²) in [4.78, 5) is 13.6. The summed E-state index contributed by atoms with van der Waals surface area (Å²) >= 11 is 0. The molecule has 21 heavy (non-hydrogen) atoms. The fourth-order valence-corrected chi connectivity index (χ4v) is 2.58. The van der Waals surface area contributed by atoms with Crippen LogP contribution in [-0.2, 0) is 14.8 Å². The summed E-state index contributed by atoms with van der Waals surface area (Å²) in [5, 5.41) is 3.30. The van der Waals surface area contributed by atoms with Crippen molar-refractivity contribution >= 4 is 16.1 Å². The molecule has 1 fully saturated rings. The Hall–Kier alpha value is -0.860. The molecular weight excluding hydrogens is 294 g/mol. The molecule has 124 valence electrons. The van der Waals surface area contributed by atoms with Crippen molar-refractivity contribution in [1.29, 1.82) is 0 Å². The van der Waals surface area contributed by atoms with Gasteiger partial charge in [0.2, 0.25) is 10.0 Å². The SMILES string of the molecule is CC(C)(C)OC(=O)N1CCC(NCCNS(C)(=O)=O)CC1. The van der Waals surface area contributed by atoms with Gasteiger partial charge in [-0.15, -0.1) is 0 Å². The minimum Gasteiger partial charge on any atom is -0.444 e. The molecule has 7 nitrogen and oxygen atoms in total. The molecule has 0 aromatic rings. The number of carbonyl (C=O) groups excluding carboxylic acids is 1. The van der Waals surface area contributed by atoms with E-state index >= 15 is 0 Å². The first-order chi connectivity index (χ1) is 9.57. The van der Waals surface area contributed by atoms with E-state index < -0.39 is 15.6 Å². The molecule has 1 amide bonds. The highest BCUT2D eigenvalue weighted by atomic mass is 32.2. The van der Waals surface area contributed by atoms with Crippen LogP contribution in [0.25, 0.3) is 0 Å². The van der Waals surface area contributed by atoms with E-state index in [2.05, 4.69) is 10.0 Å². The van der Waals surface area contributed by atoms with E-state index in [9.17, 15) is 13.2 Å². The van der Waals surface area contributed by atoms with Gasteiger partial charge in [-0.25, -0.2) is 17.9 Å². The summed E-state index contributed by atoms with van der Waals surface area (Å²) in [5.41, 5.74) is -0.469. The van der Waals surface area contributed by atoms with Gasteiger partial charge in [0.05, 0.1) is 6.26 Å². The molecule has 0 bridgehead atoms. The van der Waals surface area contributed by atoms with Gasteiger partial charge in [0.25, 0.3) is 0 Å². The smallest absolute Gasteiger partial charge is 0.410 e. The van der Waals surface area contributed by atoms with Crippen molar-refractivity contribution in [2.75, 3.05) is 32.4 Å². The zero-order valence-corrected chi connectivity index (χ0v) is 14.1. The van der Waals surface area contributed by atoms with E-state index in [1.165, 1.54) is 0 Å². The number of piperidine rings is 1. The molecule has 0 aromatic carbocycles. The van der Waals surface area contributed by atoms with Gasteiger partial charge in [0.1, 0.15) is 5.60 Å².